The number of benzene rings is 2. The highest BCUT2D eigenvalue weighted by Gasteiger charge is 2.65. The van der Waals surface area contributed by atoms with Crippen LogP contribution in [0.2, 0.25) is 0 Å². The molecule has 8 heteroatoms. The fraction of sp³-hybridized carbons (Fsp3) is 0.440. The fourth-order valence-electron chi connectivity index (χ4n) is 5.66. The Hall–Kier alpha value is -2.71. The van der Waals surface area contributed by atoms with Crippen LogP contribution in [0.25, 0.3) is 11.1 Å². The van der Waals surface area contributed by atoms with Crippen LogP contribution in [0.4, 0.5) is 5.69 Å². The summed E-state index contributed by atoms with van der Waals surface area (Å²) in [4.78, 5) is 24.6. The molecule has 176 valence electrons. The van der Waals surface area contributed by atoms with Crippen LogP contribution < -0.4 is 10.5 Å². The SMILES string of the molecule is CC1(C)C2CC[C@@]1(CS(=O)(=O)N[C@@H](Cc1ccc(-c3cccc(N)c3)cc1)C(=O)O)C(=O)C2. The highest BCUT2D eigenvalue weighted by atomic mass is 32.2. The number of carbonyl (C=O) groups excluding carboxylic acids is 1. The molecule has 2 aromatic carbocycles. The van der Waals surface area contributed by atoms with E-state index in [-0.39, 0.29) is 23.9 Å². The van der Waals surface area contributed by atoms with Gasteiger partial charge >= 0.3 is 5.97 Å². The summed E-state index contributed by atoms with van der Waals surface area (Å²) in [5, 5.41) is 9.70. The minimum Gasteiger partial charge on any atom is -0.480 e. The smallest absolute Gasteiger partial charge is 0.322 e. The summed E-state index contributed by atoms with van der Waals surface area (Å²) in [6.07, 6.45) is 1.77. The number of aliphatic carboxylic acids is 1. The van der Waals surface area contributed by atoms with E-state index in [9.17, 15) is 23.1 Å². The van der Waals surface area contributed by atoms with Gasteiger partial charge in [-0.05, 0) is 59.4 Å². The largest absolute Gasteiger partial charge is 0.480 e. The first kappa shape index (κ1) is 23.4. The number of nitrogens with two attached hydrogens (primary N) is 1. The van der Waals surface area contributed by atoms with E-state index in [1.807, 2.05) is 44.2 Å². The molecule has 0 amide bonds. The molecule has 0 heterocycles. The third-order valence-corrected chi connectivity index (χ3v) is 9.33. The Morgan fingerprint density at radius 2 is 1.88 bits per heavy atom. The van der Waals surface area contributed by atoms with Crippen LogP contribution in [0.1, 0.15) is 38.7 Å². The van der Waals surface area contributed by atoms with E-state index in [4.69, 9.17) is 5.73 Å². The van der Waals surface area contributed by atoms with Crippen molar-refractivity contribution in [2.24, 2.45) is 16.7 Å². The van der Waals surface area contributed by atoms with Crippen LogP contribution in [0.5, 0.6) is 0 Å². The molecule has 0 radical (unpaired) electrons. The third kappa shape index (κ3) is 4.29. The number of fused-ring (bicyclic) bond motifs is 2. The molecule has 1 unspecified atom stereocenters. The van der Waals surface area contributed by atoms with Crippen molar-refractivity contribution >= 4 is 27.5 Å². The monoisotopic (exact) mass is 470 g/mol. The number of hydrogen-bond acceptors (Lipinski definition) is 5. The molecule has 0 spiro atoms. The van der Waals surface area contributed by atoms with E-state index >= 15 is 0 Å². The number of Topliss-reactive ketones (excluding diaryl/α,β-unsaturated/α-hetero) is 1. The number of ketones is 1. The van der Waals surface area contributed by atoms with Gasteiger partial charge in [-0.15, -0.1) is 0 Å². The number of hydrogen-bond donors (Lipinski definition) is 3. The molecule has 2 aromatic rings. The molecule has 2 aliphatic carbocycles. The number of carboxylic acids is 1. The highest BCUT2D eigenvalue weighted by Crippen LogP contribution is 2.64. The second-order valence-electron chi connectivity index (χ2n) is 9.96. The van der Waals surface area contributed by atoms with Crippen molar-refractivity contribution in [2.75, 3.05) is 11.5 Å². The van der Waals surface area contributed by atoms with Gasteiger partial charge in [-0.2, -0.15) is 0 Å². The number of carbonyl (C=O) groups is 2. The first-order chi connectivity index (χ1) is 15.4. The maximum atomic E-state index is 13.0. The Bertz CT molecular complexity index is 1190. The van der Waals surface area contributed by atoms with Crippen LogP contribution in [0.3, 0.4) is 0 Å². The van der Waals surface area contributed by atoms with Gasteiger partial charge in [0.25, 0.3) is 0 Å². The van der Waals surface area contributed by atoms with Crippen molar-refractivity contribution in [1.82, 2.24) is 4.72 Å². The fourth-order valence-corrected chi connectivity index (χ4v) is 7.68. The summed E-state index contributed by atoms with van der Waals surface area (Å²) in [6.45, 7) is 3.92. The number of rotatable bonds is 8. The zero-order chi connectivity index (χ0) is 24.0. The standard InChI is InChI=1S/C25H30N2O5S/c1-24(2)19-10-11-25(24,22(28)14-19)15-33(31,32)27-21(23(29)30)12-16-6-8-17(9-7-16)18-4-3-5-20(26)13-18/h3-9,13,19,21,27H,10-12,14-15,26H2,1-2H3,(H,29,30)/t19?,21-,25+/m0/s1. The molecule has 0 aromatic heterocycles. The normalized spacial score (nSPS) is 24.7. The molecular weight excluding hydrogens is 440 g/mol. The molecule has 7 nitrogen and oxygen atoms in total. The Morgan fingerprint density at radius 3 is 2.42 bits per heavy atom. The van der Waals surface area contributed by atoms with Crippen molar-refractivity contribution in [3.63, 3.8) is 0 Å². The maximum Gasteiger partial charge on any atom is 0.322 e. The van der Waals surface area contributed by atoms with E-state index in [0.717, 1.165) is 17.5 Å². The van der Waals surface area contributed by atoms with Crippen LogP contribution >= 0.6 is 0 Å². The van der Waals surface area contributed by atoms with Crippen LogP contribution in [-0.2, 0) is 26.0 Å². The topological polar surface area (TPSA) is 127 Å². The number of carboxylic acid groups (broad SMARTS) is 1. The lowest BCUT2D eigenvalue weighted by molar-refractivity contribution is -0.138. The van der Waals surface area contributed by atoms with Gasteiger partial charge in [0.1, 0.15) is 11.8 Å². The molecular formula is C25H30N2O5S. The number of anilines is 1. The summed E-state index contributed by atoms with van der Waals surface area (Å²) in [5.74, 6) is -1.44. The number of nitrogens with one attached hydrogen (secondary N) is 1. The average Bonchev–Trinajstić information content (AvgIpc) is 3.07. The second kappa shape index (κ2) is 8.25. The maximum absolute atomic E-state index is 13.0. The molecule has 2 aliphatic rings. The van der Waals surface area contributed by atoms with Crippen LogP contribution in [0, 0.1) is 16.7 Å². The van der Waals surface area contributed by atoms with E-state index in [2.05, 4.69) is 4.72 Å². The van der Waals surface area contributed by atoms with E-state index < -0.39 is 32.9 Å². The second-order valence-corrected chi connectivity index (χ2v) is 11.7. The van der Waals surface area contributed by atoms with E-state index in [1.54, 1.807) is 18.2 Å². The van der Waals surface area contributed by atoms with Gasteiger partial charge < -0.3 is 10.8 Å². The van der Waals surface area contributed by atoms with Gasteiger partial charge in [0.15, 0.2) is 0 Å². The Morgan fingerprint density at radius 1 is 1.18 bits per heavy atom. The molecule has 2 fully saturated rings. The molecule has 0 saturated heterocycles. The van der Waals surface area contributed by atoms with Crippen molar-refractivity contribution in [3.05, 3.63) is 54.1 Å². The minimum absolute atomic E-state index is 0.00125. The molecule has 0 aliphatic heterocycles. The van der Waals surface area contributed by atoms with Crippen LogP contribution in [0.15, 0.2) is 48.5 Å². The highest BCUT2D eigenvalue weighted by molar-refractivity contribution is 7.89. The molecule has 3 atom stereocenters. The zero-order valence-corrected chi connectivity index (χ0v) is 19.7. The summed E-state index contributed by atoms with van der Waals surface area (Å²) in [6, 6.07) is 13.4. The lowest BCUT2D eigenvalue weighted by Crippen LogP contribution is -2.49. The van der Waals surface area contributed by atoms with Crippen molar-refractivity contribution < 1.29 is 23.1 Å². The lowest BCUT2D eigenvalue weighted by atomic mass is 9.70. The van der Waals surface area contributed by atoms with E-state index in [0.29, 0.717) is 24.1 Å². The number of nitrogen functional groups attached to an aromatic ring is 1. The number of sulfonamides is 1. The zero-order valence-electron chi connectivity index (χ0n) is 18.9. The molecule has 4 N–H and O–H groups in total. The van der Waals surface area contributed by atoms with Gasteiger partial charge in [-0.1, -0.05) is 50.2 Å². The Balaban J connectivity index is 1.49. The summed E-state index contributed by atoms with van der Waals surface area (Å²) >= 11 is 0. The molecule has 2 bridgehead atoms. The summed E-state index contributed by atoms with van der Waals surface area (Å²) < 4.78 is 28.4. The first-order valence-electron chi connectivity index (χ1n) is 11.1. The third-order valence-electron chi connectivity index (χ3n) is 7.81. The summed E-state index contributed by atoms with van der Waals surface area (Å²) in [7, 11) is -4.00. The molecule has 33 heavy (non-hydrogen) atoms. The van der Waals surface area contributed by atoms with Crippen molar-refractivity contribution in [2.45, 2.75) is 45.6 Å². The van der Waals surface area contributed by atoms with Crippen molar-refractivity contribution in [3.8, 4) is 11.1 Å². The van der Waals surface area contributed by atoms with E-state index in [1.165, 1.54) is 0 Å². The Labute approximate surface area is 194 Å². The average molecular weight is 471 g/mol. The molecule has 2 saturated carbocycles. The first-order valence-corrected chi connectivity index (χ1v) is 12.8. The predicted molar refractivity (Wildman–Crippen MR) is 127 cm³/mol. The van der Waals surface area contributed by atoms with Gasteiger partial charge in [-0.3, -0.25) is 9.59 Å². The van der Waals surface area contributed by atoms with Crippen LogP contribution in [-0.4, -0.2) is 37.1 Å². The van der Waals surface area contributed by atoms with Gasteiger partial charge in [0, 0.05) is 17.5 Å². The van der Waals surface area contributed by atoms with Gasteiger partial charge in [0.05, 0.1) is 5.75 Å². The molecule has 4 rings (SSSR count). The Kier molecular flexibility index (Phi) is 5.87. The van der Waals surface area contributed by atoms with Gasteiger partial charge in [0.2, 0.25) is 10.0 Å². The quantitative estimate of drug-likeness (QED) is 0.509. The lowest BCUT2D eigenvalue weighted by Gasteiger charge is -2.36. The minimum atomic E-state index is -4.00. The summed E-state index contributed by atoms with van der Waals surface area (Å²) in [5.41, 5.74) is 7.69. The van der Waals surface area contributed by atoms with Crippen molar-refractivity contribution in [1.29, 1.82) is 0 Å². The predicted octanol–water partition coefficient (Wildman–Crippen LogP) is 3.25. The van der Waals surface area contributed by atoms with Gasteiger partial charge in [-0.25, -0.2) is 13.1 Å².